The Morgan fingerprint density at radius 1 is 0.969 bits per heavy atom. The van der Waals surface area contributed by atoms with Crippen molar-refractivity contribution in [2.45, 2.75) is 37.6 Å². The summed E-state index contributed by atoms with van der Waals surface area (Å²) in [7, 11) is 0. The van der Waals surface area contributed by atoms with E-state index in [0.29, 0.717) is 0 Å². The summed E-state index contributed by atoms with van der Waals surface area (Å²) in [4.78, 5) is 13.2. The van der Waals surface area contributed by atoms with Crippen molar-refractivity contribution in [1.29, 1.82) is 0 Å². The molecule has 2 aromatic carbocycles. The molecular weight excluding hydrogens is 428 g/mol. The lowest BCUT2D eigenvalue weighted by Gasteiger charge is -2.19. The zero-order valence-electron chi connectivity index (χ0n) is 16.5. The van der Waals surface area contributed by atoms with Crippen LogP contribution >= 0.6 is 0 Å². The van der Waals surface area contributed by atoms with Crippen molar-refractivity contribution in [2.75, 3.05) is 0 Å². The van der Waals surface area contributed by atoms with E-state index in [1.807, 2.05) is 0 Å². The Kier molecular flexibility index (Phi) is 5.34. The highest BCUT2D eigenvalue weighted by atomic mass is 16.7. The molecule has 32 heavy (non-hydrogen) atoms. The number of aliphatic hydroxyl groups is 3. The van der Waals surface area contributed by atoms with E-state index in [9.17, 15) is 40.5 Å². The summed E-state index contributed by atoms with van der Waals surface area (Å²) in [6.45, 7) is 1.34. The molecule has 1 aliphatic heterocycles. The summed E-state index contributed by atoms with van der Waals surface area (Å²) in [6, 6.07) is 5.51. The van der Waals surface area contributed by atoms with Crippen LogP contribution in [0.25, 0.3) is 22.3 Å². The minimum atomic E-state index is -1.64. The number of hydrogen-bond donors (Lipinski definition) is 7. The topological polar surface area (TPSA) is 190 Å². The van der Waals surface area contributed by atoms with E-state index in [4.69, 9.17) is 13.9 Å². The van der Waals surface area contributed by atoms with Crippen LogP contribution in [0.15, 0.2) is 39.5 Å². The van der Waals surface area contributed by atoms with E-state index in [0.717, 1.165) is 24.3 Å². The number of rotatable bonds is 4. The Morgan fingerprint density at radius 3 is 2.31 bits per heavy atom. The highest BCUT2D eigenvalue weighted by Gasteiger charge is 2.47. The van der Waals surface area contributed by atoms with Gasteiger partial charge in [-0.25, -0.2) is 0 Å². The standard InChI is InChI=1S/C21H20O11/c1-7(22)18-16(28)17(29)21(31-18)32-20-15(27)14-12(26)5-9(23)6-13(14)30-19(20)8-2-3-10(24)11(25)4-8/h2-7,16-18,21-26,28-29H,1H3/t7-,16+,17+,18+,21+/m1/s1. The summed E-state index contributed by atoms with van der Waals surface area (Å²) >= 11 is 0. The molecule has 0 aliphatic carbocycles. The van der Waals surface area contributed by atoms with Gasteiger partial charge in [0.05, 0.1) is 6.10 Å². The normalized spacial score (nSPS) is 24.0. The van der Waals surface area contributed by atoms with Gasteiger partial charge in [0.2, 0.25) is 17.5 Å². The van der Waals surface area contributed by atoms with Gasteiger partial charge < -0.3 is 49.6 Å². The third kappa shape index (κ3) is 3.56. The first-order valence-corrected chi connectivity index (χ1v) is 9.50. The third-order valence-corrected chi connectivity index (χ3v) is 5.12. The molecule has 5 atom stereocenters. The lowest BCUT2D eigenvalue weighted by molar-refractivity contribution is -0.129. The van der Waals surface area contributed by atoms with Crippen LogP contribution in [0.4, 0.5) is 0 Å². The van der Waals surface area contributed by atoms with Gasteiger partial charge in [-0.3, -0.25) is 4.79 Å². The van der Waals surface area contributed by atoms with Crippen molar-refractivity contribution in [3.8, 4) is 40.1 Å². The van der Waals surface area contributed by atoms with Crippen LogP contribution in [0, 0.1) is 0 Å². The van der Waals surface area contributed by atoms with Crippen molar-refractivity contribution in [1.82, 2.24) is 0 Å². The minimum absolute atomic E-state index is 0.0669. The van der Waals surface area contributed by atoms with Gasteiger partial charge in [-0.15, -0.1) is 0 Å². The molecule has 1 fully saturated rings. The van der Waals surface area contributed by atoms with Gasteiger partial charge in [0.25, 0.3) is 0 Å². The van der Waals surface area contributed by atoms with Crippen molar-refractivity contribution < 1.29 is 49.6 Å². The molecule has 1 aromatic heterocycles. The number of fused-ring (bicyclic) bond motifs is 1. The molecule has 2 heterocycles. The maximum atomic E-state index is 13.2. The number of hydrogen-bond acceptors (Lipinski definition) is 11. The quantitative estimate of drug-likeness (QED) is 0.275. The van der Waals surface area contributed by atoms with Crippen LogP contribution in [0.1, 0.15) is 6.92 Å². The van der Waals surface area contributed by atoms with E-state index < -0.39 is 59.1 Å². The fourth-order valence-corrected chi connectivity index (χ4v) is 3.51. The van der Waals surface area contributed by atoms with Gasteiger partial charge >= 0.3 is 0 Å². The van der Waals surface area contributed by atoms with E-state index in [-0.39, 0.29) is 28.0 Å². The molecule has 3 aromatic rings. The maximum Gasteiger partial charge on any atom is 0.239 e. The smallest absolute Gasteiger partial charge is 0.239 e. The zero-order valence-corrected chi connectivity index (χ0v) is 16.5. The fraction of sp³-hybridized carbons (Fsp3) is 0.286. The average Bonchev–Trinajstić information content (AvgIpc) is 3.00. The second-order valence-electron chi connectivity index (χ2n) is 7.44. The summed E-state index contributed by atoms with van der Waals surface area (Å²) < 4.78 is 16.6. The predicted molar refractivity (Wildman–Crippen MR) is 108 cm³/mol. The Balaban J connectivity index is 1.91. The van der Waals surface area contributed by atoms with Crippen LogP contribution in [0.3, 0.4) is 0 Å². The summed E-state index contributed by atoms with van der Waals surface area (Å²) in [5, 5.41) is 69.1. The zero-order chi connectivity index (χ0) is 23.3. The van der Waals surface area contributed by atoms with Crippen LogP contribution < -0.4 is 10.2 Å². The lowest BCUT2D eigenvalue weighted by atomic mass is 10.1. The highest BCUT2D eigenvalue weighted by molar-refractivity contribution is 5.88. The Morgan fingerprint density at radius 2 is 1.69 bits per heavy atom. The van der Waals surface area contributed by atoms with Gasteiger partial charge in [0, 0.05) is 17.7 Å². The molecule has 0 radical (unpaired) electrons. The minimum Gasteiger partial charge on any atom is -0.508 e. The van der Waals surface area contributed by atoms with Crippen LogP contribution in [0.5, 0.6) is 28.7 Å². The molecule has 170 valence electrons. The third-order valence-electron chi connectivity index (χ3n) is 5.12. The number of ether oxygens (including phenoxy) is 2. The average molecular weight is 448 g/mol. The van der Waals surface area contributed by atoms with Gasteiger partial charge in [-0.1, -0.05) is 0 Å². The van der Waals surface area contributed by atoms with E-state index in [2.05, 4.69) is 0 Å². The first kappa shape index (κ1) is 21.7. The SMILES string of the molecule is C[C@@H](O)[C@@H]1O[C@@H](Oc2c(-c3ccc(O)c(O)c3)oc3cc(O)cc(O)c3c2=O)[C@@H](O)[C@@H]1O. The molecular formula is C21H20O11. The predicted octanol–water partition coefficient (Wildman–Crippen LogP) is 0.489. The summed E-state index contributed by atoms with van der Waals surface area (Å²) in [6.07, 6.45) is -7.11. The molecule has 1 saturated heterocycles. The molecule has 11 nitrogen and oxygen atoms in total. The number of phenols is 4. The van der Waals surface area contributed by atoms with Crippen molar-refractivity contribution in [3.05, 3.63) is 40.6 Å². The molecule has 0 unspecified atom stereocenters. The van der Waals surface area contributed by atoms with E-state index >= 15 is 0 Å². The van der Waals surface area contributed by atoms with Gasteiger partial charge in [0.15, 0.2) is 17.3 Å². The van der Waals surface area contributed by atoms with Gasteiger partial charge in [-0.2, -0.15) is 0 Å². The molecule has 0 amide bonds. The molecule has 0 saturated carbocycles. The number of aliphatic hydroxyl groups excluding tert-OH is 3. The fourth-order valence-electron chi connectivity index (χ4n) is 3.51. The maximum absolute atomic E-state index is 13.2. The van der Waals surface area contributed by atoms with E-state index in [1.54, 1.807) is 0 Å². The Labute approximate surface area is 179 Å². The first-order chi connectivity index (χ1) is 15.1. The Hall–Kier alpha value is -3.51. The largest absolute Gasteiger partial charge is 0.508 e. The molecule has 0 bridgehead atoms. The summed E-state index contributed by atoms with van der Waals surface area (Å²) in [5.74, 6) is -2.79. The monoisotopic (exact) mass is 448 g/mol. The van der Waals surface area contributed by atoms with Crippen LogP contribution in [-0.2, 0) is 4.74 Å². The number of aromatic hydroxyl groups is 4. The van der Waals surface area contributed by atoms with E-state index in [1.165, 1.54) is 13.0 Å². The van der Waals surface area contributed by atoms with Crippen LogP contribution in [0.2, 0.25) is 0 Å². The second-order valence-corrected chi connectivity index (χ2v) is 7.44. The number of phenolic OH excluding ortho intramolecular Hbond substituents is 4. The molecule has 7 N–H and O–H groups in total. The van der Waals surface area contributed by atoms with Crippen LogP contribution in [-0.4, -0.2) is 66.5 Å². The van der Waals surface area contributed by atoms with Gasteiger partial charge in [0.1, 0.15) is 40.8 Å². The van der Waals surface area contributed by atoms with Gasteiger partial charge in [-0.05, 0) is 25.1 Å². The molecule has 1 aliphatic rings. The van der Waals surface area contributed by atoms with Crippen molar-refractivity contribution in [2.24, 2.45) is 0 Å². The second kappa shape index (κ2) is 7.88. The summed E-state index contributed by atoms with van der Waals surface area (Å²) in [5.41, 5.74) is -1.05. The van der Waals surface area contributed by atoms with Crippen molar-refractivity contribution >= 4 is 11.0 Å². The molecule has 11 heteroatoms. The highest BCUT2D eigenvalue weighted by Crippen LogP contribution is 2.39. The Bertz CT molecular complexity index is 1230. The van der Waals surface area contributed by atoms with Crippen molar-refractivity contribution in [3.63, 3.8) is 0 Å². The molecule has 4 rings (SSSR count). The lowest BCUT2D eigenvalue weighted by Crippen LogP contribution is -2.38. The number of benzene rings is 2. The first-order valence-electron chi connectivity index (χ1n) is 9.50. The molecule has 0 spiro atoms.